The number of hydrogen-bond donors (Lipinski definition) is 4. The summed E-state index contributed by atoms with van der Waals surface area (Å²) in [5.41, 5.74) is 2.83. The minimum atomic E-state index is -1.14. The molecule has 29 heavy (non-hydrogen) atoms. The number of aromatic nitrogens is 1. The van der Waals surface area contributed by atoms with Crippen LogP contribution in [-0.4, -0.2) is 47.6 Å². The predicted molar refractivity (Wildman–Crippen MR) is 112 cm³/mol. The molecule has 2 heterocycles. The monoisotopic (exact) mass is 417 g/mol. The van der Waals surface area contributed by atoms with Gasteiger partial charge in [-0.05, 0) is 43.9 Å². The molecule has 1 aromatic heterocycles. The Balaban J connectivity index is 1.64. The first-order valence-corrected chi connectivity index (χ1v) is 10.1. The molecule has 0 bridgehead atoms. The third kappa shape index (κ3) is 5.67. The first-order valence-electron chi connectivity index (χ1n) is 9.32. The van der Waals surface area contributed by atoms with Gasteiger partial charge in [-0.2, -0.15) is 0 Å². The summed E-state index contributed by atoms with van der Waals surface area (Å²) in [7, 11) is 0. The smallest absolute Gasteiger partial charge is 0.325 e. The fraction of sp³-hybridized carbons (Fsp3) is 0.368. The largest absolute Gasteiger partial charge is 0.480 e. The van der Waals surface area contributed by atoms with Gasteiger partial charge in [0.15, 0.2) is 5.13 Å². The third-order valence-electron chi connectivity index (χ3n) is 4.45. The molecule has 9 nitrogen and oxygen atoms in total. The van der Waals surface area contributed by atoms with Crippen molar-refractivity contribution in [2.75, 3.05) is 35.2 Å². The van der Waals surface area contributed by atoms with E-state index in [0.29, 0.717) is 5.69 Å². The summed E-state index contributed by atoms with van der Waals surface area (Å²) in [5, 5.41) is 16.6. The lowest BCUT2D eigenvalue weighted by molar-refractivity contribution is -0.135. The van der Waals surface area contributed by atoms with E-state index in [1.165, 1.54) is 12.6 Å². The average Bonchev–Trinajstić information content (AvgIpc) is 3.16. The molecule has 10 heteroatoms. The predicted octanol–water partition coefficient (Wildman–Crippen LogP) is 2.90. The van der Waals surface area contributed by atoms with Crippen molar-refractivity contribution in [2.24, 2.45) is 0 Å². The molecule has 0 unspecified atom stereocenters. The van der Waals surface area contributed by atoms with Crippen LogP contribution >= 0.6 is 11.3 Å². The molecule has 1 aliphatic rings. The van der Waals surface area contributed by atoms with E-state index in [-0.39, 0.29) is 10.0 Å². The van der Waals surface area contributed by atoms with E-state index in [9.17, 15) is 14.4 Å². The van der Waals surface area contributed by atoms with Crippen LogP contribution in [0, 0.1) is 6.92 Å². The summed E-state index contributed by atoms with van der Waals surface area (Å²) in [6.07, 6.45) is 4.78. The highest BCUT2D eigenvalue weighted by atomic mass is 32.1. The van der Waals surface area contributed by atoms with Gasteiger partial charge in [-0.25, -0.2) is 9.78 Å². The summed E-state index contributed by atoms with van der Waals surface area (Å²) >= 11 is 0.968. The molecule has 154 valence electrons. The van der Waals surface area contributed by atoms with Crippen LogP contribution in [-0.2, 0) is 4.79 Å². The topological polar surface area (TPSA) is 124 Å². The van der Waals surface area contributed by atoms with Gasteiger partial charge in [-0.1, -0.05) is 17.4 Å². The molecular formula is C19H23N5O4S. The van der Waals surface area contributed by atoms with Crippen LogP contribution in [0.2, 0.25) is 0 Å². The number of carbonyl (C=O) groups excluding carboxylic acids is 2. The highest BCUT2D eigenvalue weighted by Crippen LogP contribution is 2.30. The lowest BCUT2D eigenvalue weighted by Gasteiger charge is -2.30. The zero-order chi connectivity index (χ0) is 20.8. The number of urea groups is 1. The van der Waals surface area contributed by atoms with Crippen molar-refractivity contribution in [3.05, 3.63) is 34.8 Å². The summed E-state index contributed by atoms with van der Waals surface area (Å²) in [6, 6.07) is 5.43. The number of nitrogens with one attached hydrogen (secondary N) is 3. The van der Waals surface area contributed by atoms with Gasteiger partial charge >= 0.3 is 12.0 Å². The molecule has 1 aliphatic heterocycles. The fourth-order valence-corrected chi connectivity index (χ4v) is 3.80. The second-order valence-corrected chi connectivity index (χ2v) is 7.78. The van der Waals surface area contributed by atoms with Crippen LogP contribution in [0.4, 0.5) is 21.3 Å². The average molecular weight is 417 g/mol. The first kappa shape index (κ1) is 20.6. The first-order chi connectivity index (χ1) is 13.9. The quantitative estimate of drug-likeness (QED) is 0.573. The second kappa shape index (κ2) is 9.37. The SMILES string of the molecule is Cc1ccc(NC(=O)Nc2ncc(C(=O)NCC(=O)O)s2)c(N2CCCCC2)c1. The number of carboxylic acid groups (broad SMARTS) is 1. The Hall–Kier alpha value is -3.14. The van der Waals surface area contributed by atoms with Gasteiger partial charge in [-0.3, -0.25) is 14.9 Å². The summed E-state index contributed by atoms with van der Waals surface area (Å²) in [6.45, 7) is 3.46. The Morgan fingerprint density at radius 3 is 2.66 bits per heavy atom. The molecule has 0 saturated carbocycles. The number of benzene rings is 1. The van der Waals surface area contributed by atoms with Crippen molar-refractivity contribution in [3.8, 4) is 0 Å². The van der Waals surface area contributed by atoms with E-state index in [4.69, 9.17) is 5.11 Å². The molecule has 2 aromatic rings. The number of piperidine rings is 1. The Kier molecular flexibility index (Phi) is 6.65. The number of rotatable bonds is 6. The maximum atomic E-state index is 12.4. The van der Waals surface area contributed by atoms with Crippen LogP contribution in [0.3, 0.4) is 0 Å². The highest BCUT2D eigenvalue weighted by molar-refractivity contribution is 7.17. The molecule has 0 atom stereocenters. The van der Waals surface area contributed by atoms with Gasteiger partial charge in [0.2, 0.25) is 0 Å². The van der Waals surface area contributed by atoms with Gasteiger partial charge in [0.25, 0.3) is 5.91 Å². The molecule has 0 spiro atoms. The van der Waals surface area contributed by atoms with E-state index < -0.39 is 24.5 Å². The Bertz CT molecular complexity index is 908. The lowest BCUT2D eigenvalue weighted by Crippen LogP contribution is -2.31. The van der Waals surface area contributed by atoms with Gasteiger partial charge in [0, 0.05) is 13.1 Å². The van der Waals surface area contributed by atoms with Crippen molar-refractivity contribution in [3.63, 3.8) is 0 Å². The lowest BCUT2D eigenvalue weighted by atomic mass is 10.1. The van der Waals surface area contributed by atoms with Crippen molar-refractivity contribution >= 4 is 45.8 Å². The number of nitrogens with zero attached hydrogens (tertiary/aromatic N) is 2. The van der Waals surface area contributed by atoms with E-state index in [2.05, 4.69) is 31.9 Å². The molecule has 3 amide bonds. The second-order valence-electron chi connectivity index (χ2n) is 6.75. The molecule has 1 fully saturated rings. The minimum absolute atomic E-state index is 0.214. The van der Waals surface area contributed by atoms with Crippen LogP contribution in [0.1, 0.15) is 34.5 Å². The molecule has 0 aliphatic carbocycles. The summed E-state index contributed by atoms with van der Waals surface area (Å²) in [5.74, 6) is -1.69. The third-order valence-corrected chi connectivity index (χ3v) is 5.36. The number of carbonyl (C=O) groups is 3. The van der Waals surface area contributed by atoms with Crippen LogP contribution in [0.15, 0.2) is 24.4 Å². The van der Waals surface area contributed by atoms with Crippen LogP contribution in [0.25, 0.3) is 0 Å². The number of carboxylic acids is 1. The zero-order valence-corrected chi connectivity index (χ0v) is 16.8. The number of amides is 3. The number of hydrogen-bond acceptors (Lipinski definition) is 6. The van der Waals surface area contributed by atoms with Gasteiger partial charge in [-0.15, -0.1) is 0 Å². The van der Waals surface area contributed by atoms with Crippen LogP contribution in [0.5, 0.6) is 0 Å². The standard InChI is InChI=1S/C19H23N5O4S/c1-12-5-6-13(14(9-12)24-7-3-2-4-8-24)22-18(28)23-19-21-10-15(29-19)17(27)20-11-16(25)26/h5-6,9-10H,2-4,7-8,11H2,1H3,(H,20,27)(H,25,26)(H2,21,22,23,28). The molecular weight excluding hydrogens is 394 g/mol. The minimum Gasteiger partial charge on any atom is -0.480 e. The Morgan fingerprint density at radius 2 is 1.93 bits per heavy atom. The zero-order valence-electron chi connectivity index (χ0n) is 16.0. The Labute approximate surface area is 172 Å². The van der Waals surface area contributed by atoms with E-state index >= 15 is 0 Å². The molecule has 1 saturated heterocycles. The van der Waals surface area contributed by atoms with Gasteiger partial charge in [0.1, 0.15) is 11.4 Å². The Morgan fingerprint density at radius 1 is 1.17 bits per heavy atom. The number of aryl methyl sites for hydroxylation is 1. The maximum absolute atomic E-state index is 12.4. The molecule has 3 rings (SSSR count). The van der Waals surface area contributed by atoms with E-state index in [1.54, 1.807) is 0 Å². The number of aliphatic carboxylic acids is 1. The van der Waals surface area contributed by atoms with Gasteiger partial charge in [0.05, 0.1) is 17.6 Å². The van der Waals surface area contributed by atoms with E-state index in [0.717, 1.165) is 48.5 Å². The van der Waals surface area contributed by atoms with Gasteiger partial charge < -0.3 is 20.6 Å². The fourth-order valence-electron chi connectivity index (χ4n) is 3.07. The van der Waals surface area contributed by atoms with Crippen molar-refractivity contribution in [1.82, 2.24) is 10.3 Å². The molecule has 1 aromatic carbocycles. The molecule has 4 N–H and O–H groups in total. The highest BCUT2D eigenvalue weighted by Gasteiger charge is 2.17. The number of thiazole rings is 1. The van der Waals surface area contributed by atoms with Crippen molar-refractivity contribution in [2.45, 2.75) is 26.2 Å². The normalized spacial score (nSPS) is 13.6. The van der Waals surface area contributed by atoms with Crippen molar-refractivity contribution in [1.29, 1.82) is 0 Å². The maximum Gasteiger partial charge on any atom is 0.325 e. The molecule has 0 radical (unpaired) electrons. The van der Waals surface area contributed by atoms with E-state index in [1.807, 2.05) is 19.1 Å². The summed E-state index contributed by atoms with van der Waals surface area (Å²) in [4.78, 5) is 41.3. The van der Waals surface area contributed by atoms with Crippen LogP contribution < -0.4 is 20.9 Å². The summed E-state index contributed by atoms with van der Waals surface area (Å²) < 4.78 is 0. The van der Waals surface area contributed by atoms with Crippen molar-refractivity contribution < 1.29 is 19.5 Å². The number of anilines is 3.